The maximum atomic E-state index is 11.1. The molecule has 1 aliphatic rings. The number of aromatic carboxylic acids is 1. The van der Waals surface area contributed by atoms with Gasteiger partial charge < -0.3 is 14.6 Å². The normalized spacial score (nSPS) is 14.7. The Morgan fingerprint density at radius 1 is 1.44 bits per heavy atom. The smallest absolute Gasteiger partial charge is 0.335 e. The van der Waals surface area contributed by atoms with Crippen molar-refractivity contribution in [2.24, 2.45) is 0 Å². The zero-order chi connectivity index (χ0) is 13.1. The van der Waals surface area contributed by atoms with Crippen molar-refractivity contribution < 1.29 is 24.2 Å². The van der Waals surface area contributed by atoms with E-state index in [0.717, 1.165) is 24.8 Å². The van der Waals surface area contributed by atoms with Crippen LogP contribution in [0.15, 0.2) is 12.1 Å². The molecule has 96 valence electrons. The molecule has 5 nitrogen and oxygen atoms in total. The minimum absolute atomic E-state index is 0.106. The summed E-state index contributed by atoms with van der Waals surface area (Å²) in [5, 5.41) is 9.05. The molecule has 0 aliphatic heterocycles. The van der Waals surface area contributed by atoms with E-state index in [1.54, 1.807) is 6.07 Å². The molecule has 0 atom stereocenters. The summed E-state index contributed by atoms with van der Waals surface area (Å²) in [6.07, 6.45) is 3.12. The molecule has 1 N–H and O–H groups in total. The lowest BCUT2D eigenvalue weighted by atomic mass is 9.79. The standard InChI is InChI=1S/C13H14O5/c1-17-12-10(8-3-2-4-8)5-9(13(15)16)6-11(12)18-7-14/h5-8H,2-4H2,1H3,(H,15,16). The van der Waals surface area contributed by atoms with E-state index in [1.165, 1.54) is 13.2 Å². The van der Waals surface area contributed by atoms with Crippen molar-refractivity contribution in [3.8, 4) is 11.5 Å². The summed E-state index contributed by atoms with van der Waals surface area (Å²) in [5.74, 6) is -0.145. The fourth-order valence-corrected chi connectivity index (χ4v) is 2.13. The van der Waals surface area contributed by atoms with Crippen LogP contribution in [0.4, 0.5) is 0 Å². The van der Waals surface area contributed by atoms with Crippen molar-refractivity contribution in [1.82, 2.24) is 0 Å². The molecule has 1 aromatic rings. The third kappa shape index (κ3) is 2.16. The SMILES string of the molecule is COc1c(OC=O)cc(C(=O)O)cc1C1CCC1. The molecule has 0 bridgehead atoms. The zero-order valence-corrected chi connectivity index (χ0v) is 10.0. The van der Waals surface area contributed by atoms with Crippen LogP contribution in [0.3, 0.4) is 0 Å². The minimum Gasteiger partial charge on any atom is -0.493 e. The summed E-state index contributed by atoms with van der Waals surface area (Å²) in [6.45, 7) is 0.272. The number of rotatable bonds is 5. The monoisotopic (exact) mass is 250 g/mol. The Kier molecular flexibility index (Phi) is 3.50. The van der Waals surface area contributed by atoms with Gasteiger partial charge in [-0.05, 0) is 30.9 Å². The first kappa shape index (κ1) is 12.4. The summed E-state index contributed by atoms with van der Waals surface area (Å²) >= 11 is 0. The molecule has 0 spiro atoms. The maximum absolute atomic E-state index is 11.1. The molecule has 0 heterocycles. The van der Waals surface area contributed by atoms with E-state index in [0.29, 0.717) is 5.75 Å². The van der Waals surface area contributed by atoms with Gasteiger partial charge in [0.2, 0.25) is 0 Å². The van der Waals surface area contributed by atoms with E-state index < -0.39 is 5.97 Å². The van der Waals surface area contributed by atoms with E-state index in [9.17, 15) is 9.59 Å². The summed E-state index contributed by atoms with van der Waals surface area (Å²) in [7, 11) is 1.48. The third-order valence-corrected chi connectivity index (χ3v) is 3.25. The first-order chi connectivity index (χ1) is 8.67. The van der Waals surface area contributed by atoms with Gasteiger partial charge in [0.15, 0.2) is 11.5 Å². The van der Waals surface area contributed by atoms with E-state index >= 15 is 0 Å². The predicted molar refractivity (Wildman–Crippen MR) is 63.2 cm³/mol. The summed E-state index contributed by atoms with van der Waals surface area (Å²) in [5.41, 5.74) is 0.912. The molecule has 0 unspecified atom stereocenters. The summed E-state index contributed by atoms with van der Waals surface area (Å²) < 4.78 is 10.1. The molecule has 5 heteroatoms. The number of methoxy groups -OCH3 is 1. The van der Waals surface area contributed by atoms with Crippen LogP contribution in [-0.2, 0) is 4.79 Å². The molecule has 0 radical (unpaired) electrons. The van der Waals surface area contributed by atoms with Gasteiger partial charge in [0, 0.05) is 5.56 Å². The van der Waals surface area contributed by atoms with Gasteiger partial charge in [-0.1, -0.05) is 6.42 Å². The summed E-state index contributed by atoms with van der Waals surface area (Å²) in [4.78, 5) is 21.5. The number of hydrogen-bond donors (Lipinski definition) is 1. The maximum Gasteiger partial charge on any atom is 0.335 e. The molecule has 0 amide bonds. The Balaban J connectivity index is 2.52. The Bertz CT molecular complexity index is 477. The van der Waals surface area contributed by atoms with Crippen molar-refractivity contribution in [3.63, 3.8) is 0 Å². The number of carboxylic acid groups (broad SMARTS) is 1. The van der Waals surface area contributed by atoms with Crippen molar-refractivity contribution in [2.75, 3.05) is 7.11 Å². The minimum atomic E-state index is -1.05. The Labute approximate surface area is 104 Å². The highest BCUT2D eigenvalue weighted by molar-refractivity contribution is 5.89. The fraction of sp³-hybridized carbons (Fsp3) is 0.385. The highest BCUT2D eigenvalue weighted by Gasteiger charge is 2.26. The Morgan fingerprint density at radius 2 is 2.17 bits per heavy atom. The Morgan fingerprint density at radius 3 is 2.61 bits per heavy atom. The number of hydrogen-bond acceptors (Lipinski definition) is 4. The third-order valence-electron chi connectivity index (χ3n) is 3.25. The lowest BCUT2D eigenvalue weighted by Gasteiger charge is -2.28. The predicted octanol–water partition coefficient (Wildman–Crippen LogP) is 2.20. The van der Waals surface area contributed by atoms with Gasteiger partial charge in [-0.25, -0.2) is 4.79 Å². The number of carbonyl (C=O) groups is 2. The van der Waals surface area contributed by atoms with E-state index in [-0.39, 0.29) is 23.7 Å². The Hall–Kier alpha value is -2.04. The van der Waals surface area contributed by atoms with Gasteiger partial charge in [-0.3, -0.25) is 4.79 Å². The van der Waals surface area contributed by atoms with Gasteiger partial charge in [-0.15, -0.1) is 0 Å². The second-order valence-corrected chi connectivity index (χ2v) is 4.24. The van der Waals surface area contributed by atoms with Crippen LogP contribution in [0.5, 0.6) is 11.5 Å². The topological polar surface area (TPSA) is 72.8 Å². The van der Waals surface area contributed by atoms with Crippen molar-refractivity contribution in [3.05, 3.63) is 23.3 Å². The van der Waals surface area contributed by atoms with Crippen LogP contribution in [-0.4, -0.2) is 24.7 Å². The highest BCUT2D eigenvalue weighted by atomic mass is 16.5. The zero-order valence-electron chi connectivity index (χ0n) is 10.0. The number of benzene rings is 1. The van der Waals surface area contributed by atoms with E-state index in [1.807, 2.05) is 0 Å². The molecular formula is C13H14O5. The van der Waals surface area contributed by atoms with Crippen LogP contribution in [0, 0.1) is 0 Å². The molecule has 1 aromatic carbocycles. The van der Waals surface area contributed by atoms with Crippen LogP contribution >= 0.6 is 0 Å². The molecule has 0 aromatic heterocycles. The van der Waals surface area contributed by atoms with Crippen molar-refractivity contribution in [2.45, 2.75) is 25.2 Å². The van der Waals surface area contributed by atoms with Crippen molar-refractivity contribution >= 4 is 12.4 Å². The van der Waals surface area contributed by atoms with Crippen LogP contribution < -0.4 is 9.47 Å². The number of carbonyl (C=O) groups excluding carboxylic acids is 1. The average molecular weight is 250 g/mol. The molecular weight excluding hydrogens is 236 g/mol. The summed E-state index contributed by atoms with van der Waals surface area (Å²) in [6, 6.07) is 2.90. The lowest BCUT2D eigenvalue weighted by molar-refractivity contribution is -0.120. The second kappa shape index (κ2) is 5.08. The van der Waals surface area contributed by atoms with Gasteiger partial charge in [-0.2, -0.15) is 0 Å². The molecule has 18 heavy (non-hydrogen) atoms. The van der Waals surface area contributed by atoms with Gasteiger partial charge in [0.05, 0.1) is 12.7 Å². The lowest BCUT2D eigenvalue weighted by Crippen LogP contribution is -2.12. The number of ether oxygens (including phenoxy) is 2. The van der Waals surface area contributed by atoms with Crippen LogP contribution in [0.2, 0.25) is 0 Å². The highest BCUT2D eigenvalue weighted by Crippen LogP contribution is 2.45. The van der Waals surface area contributed by atoms with Crippen LogP contribution in [0.25, 0.3) is 0 Å². The first-order valence-electron chi connectivity index (χ1n) is 5.73. The molecule has 1 saturated carbocycles. The second-order valence-electron chi connectivity index (χ2n) is 4.24. The van der Waals surface area contributed by atoms with Gasteiger partial charge in [0.1, 0.15) is 0 Å². The first-order valence-corrected chi connectivity index (χ1v) is 5.73. The van der Waals surface area contributed by atoms with Crippen LogP contribution in [0.1, 0.15) is 41.1 Å². The number of carboxylic acids is 1. The van der Waals surface area contributed by atoms with E-state index in [4.69, 9.17) is 14.6 Å². The molecule has 2 rings (SSSR count). The average Bonchev–Trinajstić information content (AvgIpc) is 2.26. The van der Waals surface area contributed by atoms with Crippen molar-refractivity contribution in [1.29, 1.82) is 0 Å². The molecule has 1 aliphatic carbocycles. The van der Waals surface area contributed by atoms with E-state index in [2.05, 4.69) is 0 Å². The largest absolute Gasteiger partial charge is 0.493 e. The van der Waals surface area contributed by atoms with Gasteiger partial charge >= 0.3 is 5.97 Å². The van der Waals surface area contributed by atoms with Gasteiger partial charge in [0.25, 0.3) is 6.47 Å². The quantitative estimate of drug-likeness (QED) is 0.811. The molecule has 0 saturated heterocycles. The fourth-order valence-electron chi connectivity index (χ4n) is 2.13. The molecule has 1 fully saturated rings.